The van der Waals surface area contributed by atoms with Crippen molar-refractivity contribution in [2.24, 2.45) is 11.7 Å². The highest BCUT2D eigenvalue weighted by molar-refractivity contribution is 9.10. The average molecular weight is 390 g/mol. The minimum atomic E-state index is 0.116. The Morgan fingerprint density at radius 1 is 1.33 bits per heavy atom. The van der Waals surface area contributed by atoms with Crippen LogP contribution in [0.25, 0.3) is 5.69 Å². The van der Waals surface area contributed by atoms with E-state index in [1.807, 2.05) is 43.0 Å². The summed E-state index contributed by atoms with van der Waals surface area (Å²) in [5.74, 6) is 0.528. The smallest absolute Gasteiger partial charge is 0.255 e. The molecule has 5 heteroatoms. The molecule has 3 rings (SSSR count). The molecule has 0 saturated carbocycles. The molecule has 2 N–H and O–H groups in total. The number of aryl methyl sites for hydroxylation is 1. The number of benzene rings is 1. The van der Waals surface area contributed by atoms with E-state index >= 15 is 0 Å². The van der Waals surface area contributed by atoms with Gasteiger partial charge in [-0.25, -0.2) is 0 Å². The molecule has 1 aromatic carbocycles. The van der Waals surface area contributed by atoms with Gasteiger partial charge in [0.2, 0.25) is 0 Å². The van der Waals surface area contributed by atoms with E-state index in [1.54, 1.807) is 0 Å². The van der Waals surface area contributed by atoms with Crippen molar-refractivity contribution in [2.45, 2.75) is 33.2 Å². The lowest BCUT2D eigenvalue weighted by atomic mass is 10.1. The van der Waals surface area contributed by atoms with Crippen LogP contribution in [0.5, 0.6) is 0 Å². The molecule has 1 aromatic heterocycles. The summed E-state index contributed by atoms with van der Waals surface area (Å²) in [6.07, 6.45) is 0.991. The second kappa shape index (κ2) is 6.73. The van der Waals surface area contributed by atoms with Crippen molar-refractivity contribution in [2.75, 3.05) is 13.1 Å². The summed E-state index contributed by atoms with van der Waals surface area (Å²) in [6.45, 7) is 7.57. The molecule has 2 atom stereocenters. The number of nitrogens with zero attached hydrogens (tertiary/aromatic N) is 2. The lowest BCUT2D eigenvalue weighted by molar-refractivity contribution is 0.0742. The van der Waals surface area contributed by atoms with Crippen LogP contribution in [0.3, 0.4) is 0 Å². The van der Waals surface area contributed by atoms with Crippen molar-refractivity contribution in [3.63, 3.8) is 0 Å². The lowest BCUT2D eigenvalue weighted by Gasteiger charge is -2.21. The first-order chi connectivity index (χ1) is 11.4. The third-order valence-corrected chi connectivity index (χ3v) is 5.68. The molecule has 128 valence electrons. The van der Waals surface area contributed by atoms with Gasteiger partial charge < -0.3 is 15.2 Å². The van der Waals surface area contributed by atoms with Gasteiger partial charge in [0.25, 0.3) is 5.91 Å². The van der Waals surface area contributed by atoms with Crippen LogP contribution in [0.15, 0.2) is 34.8 Å². The quantitative estimate of drug-likeness (QED) is 0.870. The van der Waals surface area contributed by atoms with E-state index < -0.39 is 0 Å². The van der Waals surface area contributed by atoms with Crippen LogP contribution in [-0.4, -0.2) is 34.5 Å². The monoisotopic (exact) mass is 389 g/mol. The summed E-state index contributed by atoms with van der Waals surface area (Å²) in [6, 6.07) is 10.3. The summed E-state index contributed by atoms with van der Waals surface area (Å²) >= 11 is 3.61. The van der Waals surface area contributed by atoms with Gasteiger partial charge in [-0.15, -0.1) is 0 Å². The Balaban J connectivity index is 1.98. The van der Waals surface area contributed by atoms with Gasteiger partial charge >= 0.3 is 0 Å². The zero-order chi connectivity index (χ0) is 17.4. The van der Waals surface area contributed by atoms with Crippen molar-refractivity contribution in [3.05, 3.63) is 51.8 Å². The highest BCUT2D eigenvalue weighted by atomic mass is 79.9. The van der Waals surface area contributed by atoms with Gasteiger partial charge in [0.15, 0.2) is 0 Å². The van der Waals surface area contributed by atoms with Crippen LogP contribution >= 0.6 is 15.9 Å². The van der Waals surface area contributed by atoms with Gasteiger partial charge in [-0.3, -0.25) is 4.79 Å². The molecule has 2 aromatic rings. The number of likely N-dealkylation sites (tertiary alicyclic amines) is 1. The predicted octanol–water partition coefficient (Wildman–Crippen LogP) is 3.67. The zero-order valence-electron chi connectivity index (χ0n) is 14.4. The summed E-state index contributed by atoms with van der Waals surface area (Å²) in [5, 5.41) is 0. The van der Waals surface area contributed by atoms with Crippen molar-refractivity contribution in [1.29, 1.82) is 0 Å². The average Bonchev–Trinajstić information content (AvgIpc) is 3.08. The van der Waals surface area contributed by atoms with Crippen molar-refractivity contribution in [1.82, 2.24) is 9.47 Å². The molecule has 1 saturated heterocycles. The van der Waals surface area contributed by atoms with Gasteiger partial charge in [-0.1, -0.05) is 12.1 Å². The Hall–Kier alpha value is -1.59. The molecule has 2 unspecified atom stereocenters. The normalized spacial score (nSPS) is 20.6. The van der Waals surface area contributed by atoms with E-state index in [-0.39, 0.29) is 11.9 Å². The van der Waals surface area contributed by atoms with Gasteiger partial charge in [0.05, 0.1) is 11.3 Å². The maximum Gasteiger partial charge on any atom is 0.255 e. The molecule has 1 aliphatic rings. The largest absolute Gasteiger partial charge is 0.336 e. The lowest BCUT2D eigenvalue weighted by Crippen LogP contribution is -2.34. The highest BCUT2D eigenvalue weighted by Gasteiger charge is 2.33. The second-order valence-electron chi connectivity index (χ2n) is 6.72. The summed E-state index contributed by atoms with van der Waals surface area (Å²) in [5.41, 5.74) is 9.68. The van der Waals surface area contributed by atoms with E-state index in [9.17, 15) is 4.79 Å². The Morgan fingerprint density at radius 3 is 2.67 bits per heavy atom. The van der Waals surface area contributed by atoms with E-state index in [2.05, 4.69) is 33.5 Å². The van der Waals surface area contributed by atoms with Crippen LogP contribution in [-0.2, 0) is 0 Å². The fraction of sp³-hybridized carbons (Fsp3) is 0.421. The van der Waals surface area contributed by atoms with Gasteiger partial charge in [-0.2, -0.15) is 0 Å². The third kappa shape index (κ3) is 2.91. The minimum Gasteiger partial charge on any atom is -0.336 e. The molecule has 0 spiro atoms. The van der Waals surface area contributed by atoms with Crippen LogP contribution in [0.4, 0.5) is 0 Å². The maximum atomic E-state index is 13.1. The van der Waals surface area contributed by atoms with E-state index in [0.29, 0.717) is 12.5 Å². The fourth-order valence-corrected chi connectivity index (χ4v) is 4.20. The number of carbonyl (C=O) groups is 1. The SMILES string of the molecule is Cc1cc(C(=O)N2CC(CN)CC2C)c(C)n1-c1ccccc1Br. The van der Waals surface area contributed by atoms with Crippen molar-refractivity contribution in [3.8, 4) is 5.69 Å². The van der Waals surface area contributed by atoms with Crippen LogP contribution in [0.1, 0.15) is 35.1 Å². The number of aromatic nitrogens is 1. The fourth-order valence-electron chi connectivity index (χ4n) is 3.73. The number of para-hydroxylation sites is 1. The summed E-state index contributed by atoms with van der Waals surface area (Å²) in [7, 11) is 0. The Morgan fingerprint density at radius 2 is 2.04 bits per heavy atom. The number of hydrogen-bond acceptors (Lipinski definition) is 2. The van der Waals surface area contributed by atoms with Crippen molar-refractivity contribution >= 4 is 21.8 Å². The molecule has 0 bridgehead atoms. The van der Waals surface area contributed by atoms with Crippen LogP contribution in [0, 0.1) is 19.8 Å². The molecule has 4 nitrogen and oxygen atoms in total. The van der Waals surface area contributed by atoms with E-state index in [1.165, 1.54) is 0 Å². The first-order valence-corrected chi connectivity index (χ1v) is 9.18. The topological polar surface area (TPSA) is 51.3 Å². The predicted molar refractivity (Wildman–Crippen MR) is 101 cm³/mol. The van der Waals surface area contributed by atoms with Gasteiger partial charge in [0, 0.05) is 28.4 Å². The highest BCUT2D eigenvalue weighted by Crippen LogP contribution is 2.29. The summed E-state index contributed by atoms with van der Waals surface area (Å²) < 4.78 is 3.15. The molecule has 2 heterocycles. The number of halogens is 1. The molecule has 24 heavy (non-hydrogen) atoms. The van der Waals surface area contributed by atoms with Gasteiger partial charge in [-0.05, 0) is 73.8 Å². The first kappa shape index (κ1) is 17.2. The van der Waals surface area contributed by atoms with Gasteiger partial charge in [0.1, 0.15) is 0 Å². The Bertz CT molecular complexity index is 768. The molecule has 1 amide bonds. The number of rotatable bonds is 3. The van der Waals surface area contributed by atoms with E-state index in [4.69, 9.17) is 5.73 Å². The van der Waals surface area contributed by atoms with Crippen molar-refractivity contribution < 1.29 is 4.79 Å². The Kier molecular flexibility index (Phi) is 4.83. The number of amides is 1. The maximum absolute atomic E-state index is 13.1. The number of nitrogens with two attached hydrogens (primary N) is 1. The molecule has 0 radical (unpaired) electrons. The molecule has 1 aliphatic heterocycles. The number of carbonyl (C=O) groups excluding carboxylic acids is 1. The zero-order valence-corrected chi connectivity index (χ0v) is 16.0. The second-order valence-corrected chi connectivity index (χ2v) is 7.57. The molecule has 1 fully saturated rings. The molecular weight excluding hydrogens is 366 g/mol. The van der Waals surface area contributed by atoms with Crippen LogP contribution in [0.2, 0.25) is 0 Å². The van der Waals surface area contributed by atoms with Crippen LogP contribution < -0.4 is 5.73 Å². The first-order valence-electron chi connectivity index (χ1n) is 8.39. The summed E-state index contributed by atoms with van der Waals surface area (Å²) in [4.78, 5) is 15.1. The number of hydrogen-bond donors (Lipinski definition) is 1. The molecule has 0 aliphatic carbocycles. The van der Waals surface area contributed by atoms with E-state index in [0.717, 1.165) is 40.1 Å². The minimum absolute atomic E-state index is 0.116. The standard InChI is InChI=1S/C19H24BrN3O/c1-12-8-15(10-21)11-22(12)19(24)16-9-13(2)23(14(16)3)18-7-5-4-6-17(18)20/h4-7,9,12,15H,8,10-11,21H2,1-3H3. The third-order valence-electron chi connectivity index (χ3n) is 5.01. The Labute approximate surface area is 151 Å². The molecular formula is C19H24BrN3O.